The average Bonchev–Trinajstić information content (AvgIpc) is 2.69. The van der Waals surface area contributed by atoms with Crippen molar-refractivity contribution in [2.24, 2.45) is 4.99 Å². The van der Waals surface area contributed by atoms with Crippen LogP contribution in [0.5, 0.6) is 0 Å². The summed E-state index contributed by atoms with van der Waals surface area (Å²) in [7, 11) is -0.289. The molecule has 2 aromatic rings. The predicted molar refractivity (Wildman–Crippen MR) is 112 cm³/mol. The molecule has 0 amide bonds. The van der Waals surface area contributed by atoms with Gasteiger partial charge in [-0.05, 0) is 24.1 Å². The van der Waals surface area contributed by atoms with Gasteiger partial charge < -0.3 is 10.2 Å². The summed E-state index contributed by atoms with van der Waals surface area (Å²) in [5, 5.41) is 13.9. The van der Waals surface area contributed by atoms with E-state index in [2.05, 4.69) is 15.0 Å². The van der Waals surface area contributed by atoms with Gasteiger partial charge in [0.1, 0.15) is 0 Å². The molecule has 2 N–H and O–H groups in total. The molecule has 0 unspecified atom stereocenters. The zero-order valence-corrected chi connectivity index (χ0v) is 17.4. The number of sulfonamides is 1. The van der Waals surface area contributed by atoms with Crippen LogP contribution in [0.1, 0.15) is 11.1 Å². The number of rotatable bonds is 8. The van der Waals surface area contributed by atoms with Gasteiger partial charge in [0.15, 0.2) is 5.96 Å². The molecule has 0 aliphatic rings. The maximum absolute atomic E-state index is 12.3. The molecule has 29 heavy (non-hydrogen) atoms. The Balaban J connectivity index is 1.90. The summed E-state index contributed by atoms with van der Waals surface area (Å²) in [6.07, 6.45) is 0. The molecule has 0 spiro atoms. The van der Waals surface area contributed by atoms with Crippen molar-refractivity contribution in [3.8, 4) is 0 Å². The van der Waals surface area contributed by atoms with Gasteiger partial charge in [-0.1, -0.05) is 30.3 Å². The highest BCUT2D eigenvalue weighted by Crippen LogP contribution is 2.16. The lowest BCUT2D eigenvalue weighted by Crippen LogP contribution is -2.42. The topological polar surface area (TPSA) is 117 Å². The number of aryl methyl sites for hydroxylation is 1. The zero-order valence-electron chi connectivity index (χ0n) is 16.6. The van der Waals surface area contributed by atoms with Crippen LogP contribution in [-0.4, -0.2) is 51.4 Å². The lowest BCUT2D eigenvalue weighted by Gasteiger charge is -2.23. The number of aliphatic imine (C=N–C) groups is 1. The van der Waals surface area contributed by atoms with Gasteiger partial charge >= 0.3 is 0 Å². The quantitative estimate of drug-likeness (QED) is 0.222. The number of hydrogen-bond donors (Lipinski definition) is 2. The third kappa shape index (κ3) is 6.26. The molecule has 0 saturated carbocycles. The molecule has 0 saturated heterocycles. The van der Waals surface area contributed by atoms with Crippen molar-refractivity contribution < 1.29 is 13.3 Å². The fourth-order valence-corrected chi connectivity index (χ4v) is 3.78. The van der Waals surface area contributed by atoms with E-state index in [9.17, 15) is 18.5 Å². The van der Waals surface area contributed by atoms with Crippen LogP contribution in [0.2, 0.25) is 0 Å². The molecule has 0 aromatic heterocycles. The Hall–Kier alpha value is -2.98. The maximum Gasteiger partial charge on any atom is 0.270 e. The minimum absolute atomic E-state index is 0.0995. The third-order valence-electron chi connectivity index (χ3n) is 4.28. The lowest BCUT2D eigenvalue weighted by molar-refractivity contribution is -0.385. The molecule has 9 nitrogen and oxygen atoms in total. The molecular formula is C19H25N5O4S. The number of hydrogen-bond acceptors (Lipinski definition) is 5. The van der Waals surface area contributed by atoms with Crippen LogP contribution in [0.4, 0.5) is 5.69 Å². The number of guanidine groups is 1. The molecule has 0 aliphatic carbocycles. The number of nitrogens with zero attached hydrogens (tertiary/aromatic N) is 3. The fourth-order valence-electron chi connectivity index (χ4n) is 2.71. The van der Waals surface area contributed by atoms with Crippen LogP contribution in [0, 0.1) is 17.0 Å². The predicted octanol–water partition coefficient (Wildman–Crippen LogP) is 1.89. The monoisotopic (exact) mass is 419 g/mol. The van der Waals surface area contributed by atoms with Gasteiger partial charge in [0.2, 0.25) is 10.0 Å². The Morgan fingerprint density at radius 1 is 1.17 bits per heavy atom. The van der Waals surface area contributed by atoms with E-state index in [4.69, 9.17) is 0 Å². The molecule has 10 heteroatoms. The van der Waals surface area contributed by atoms with Crippen LogP contribution in [0.25, 0.3) is 0 Å². The first kappa shape index (κ1) is 22.3. The van der Waals surface area contributed by atoms with Gasteiger partial charge in [-0.3, -0.25) is 15.1 Å². The second-order valence-electron chi connectivity index (χ2n) is 6.41. The van der Waals surface area contributed by atoms with Crippen molar-refractivity contribution in [3.63, 3.8) is 0 Å². The van der Waals surface area contributed by atoms with E-state index in [-0.39, 0.29) is 17.1 Å². The smallest absolute Gasteiger partial charge is 0.270 e. The normalized spacial score (nSPS) is 11.9. The molecule has 0 aliphatic heterocycles. The molecule has 0 bridgehead atoms. The molecule has 0 fully saturated rings. The fraction of sp³-hybridized carbons (Fsp3) is 0.316. The van der Waals surface area contributed by atoms with Gasteiger partial charge in [0.25, 0.3) is 5.69 Å². The molecule has 156 valence electrons. The van der Waals surface area contributed by atoms with Crippen LogP contribution in [0.3, 0.4) is 0 Å². The molecular weight excluding hydrogens is 394 g/mol. The first-order chi connectivity index (χ1) is 13.7. The van der Waals surface area contributed by atoms with E-state index in [0.29, 0.717) is 19.0 Å². The standard InChI is InChI=1S/C19H25N5O4S/c1-15-7-4-5-8-16(15)14-23(3)19(20-2)21-11-12-22-29(27,28)18-10-6-9-17(13-18)24(25)26/h4-10,13,22H,11-12,14H2,1-3H3,(H,20,21). The van der Waals surface area contributed by atoms with Crippen LogP contribution < -0.4 is 10.0 Å². The van der Waals surface area contributed by atoms with Crippen molar-refractivity contribution in [2.75, 3.05) is 27.2 Å². The van der Waals surface area contributed by atoms with Crippen LogP contribution in [-0.2, 0) is 16.6 Å². The van der Waals surface area contributed by atoms with Crippen LogP contribution >= 0.6 is 0 Å². The second-order valence-corrected chi connectivity index (χ2v) is 8.18. The lowest BCUT2D eigenvalue weighted by atomic mass is 10.1. The zero-order chi connectivity index (χ0) is 21.4. The van der Waals surface area contributed by atoms with E-state index >= 15 is 0 Å². The van der Waals surface area contributed by atoms with E-state index < -0.39 is 14.9 Å². The van der Waals surface area contributed by atoms with Crippen molar-refractivity contribution in [2.45, 2.75) is 18.4 Å². The molecule has 2 rings (SSSR count). The summed E-state index contributed by atoms with van der Waals surface area (Å²) in [6.45, 7) is 3.11. The van der Waals surface area contributed by atoms with Crippen LogP contribution in [0.15, 0.2) is 58.4 Å². The maximum atomic E-state index is 12.3. The highest BCUT2D eigenvalue weighted by atomic mass is 32.2. The number of nitro groups is 1. The summed E-state index contributed by atoms with van der Waals surface area (Å²) < 4.78 is 27.1. The van der Waals surface area contributed by atoms with Gasteiger partial charge in [0, 0.05) is 45.9 Å². The van der Waals surface area contributed by atoms with Gasteiger partial charge in [0.05, 0.1) is 9.82 Å². The van der Waals surface area contributed by atoms with Gasteiger partial charge in [-0.15, -0.1) is 0 Å². The molecule has 0 heterocycles. The minimum atomic E-state index is -3.84. The minimum Gasteiger partial charge on any atom is -0.355 e. The van der Waals surface area contributed by atoms with Gasteiger partial charge in [-0.2, -0.15) is 0 Å². The first-order valence-corrected chi connectivity index (χ1v) is 10.4. The second kappa shape index (κ2) is 9.99. The average molecular weight is 420 g/mol. The number of benzene rings is 2. The van der Waals surface area contributed by atoms with E-state index in [1.165, 1.54) is 29.3 Å². The van der Waals surface area contributed by atoms with Crippen molar-refractivity contribution >= 4 is 21.7 Å². The van der Waals surface area contributed by atoms with Crippen molar-refractivity contribution in [1.82, 2.24) is 14.9 Å². The first-order valence-electron chi connectivity index (χ1n) is 8.95. The Morgan fingerprint density at radius 2 is 1.90 bits per heavy atom. The van der Waals surface area contributed by atoms with Gasteiger partial charge in [-0.25, -0.2) is 13.1 Å². The molecule has 2 aromatic carbocycles. The summed E-state index contributed by atoms with van der Waals surface area (Å²) in [5.41, 5.74) is 2.08. The summed E-state index contributed by atoms with van der Waals surface area (Å²) >= 11 is 0. The number of non-ortho nitro benzene ring substituents is 1. The molecule has 0 radical (unpaired) electrons. The van der Waals surface area contributed by atoms with Crippen molar-refractivity contribution in [3.05, 3.63) is 69.8 Å². The van der Waals surface area contributed by atoms with Crippen molar-refractivity contribution in [1.29, 1.82) is 0 Å². The Bertz CT molecular complexity index is 992. The number of nitrogens with one attached hydrogen (secondary N) is 2. The Morgan fingerprint density at radius 3 is 2.55 bits per heavy atom. The summed E-state index contributed by atoms with van der Waals surface area (Å²) in [5.74, 6) is 0.628. The van der Waals surface area contributed by atoms with E-state index in [1.54, 1.807) is 7.05 Å². The van der Waals surface area contributed by atoms with E-state index in [0.717, 1.165) is 6.07 Å². The third-order valence-corrected chi connectivity index (χ3v) is 5.74. The summed E-state index contributed by atoms with van der Waals surface area (Å²) in [4.78, 5) is 16.2. The number of nitro benzene ring substituents is 1. The highest BCUT2D eigenvalue weighted by Gasteiger charge is 2.17. The summed E-state index contributed by atoms with van der Waals surface area (Å²) in [6, 6.07) is 13.0. The van der Waals surface area contributed by atoms with E-state index in [1.807, 2.05) is 43.1 Å². The highest BCUT2D eigenvalue weighted by molar-refractivity contribution is 7.89. The Kier molecular flexibility index (Phi) is 7.68. The largest absolute Gasteiger partial charge is 0.355 e. The SMILES string of the molecule is CN=C(NCCNS(=O)(=O)c1cccc([N+](=O)[O-])c1)N(C)Cc1ccccc1C. The molecule has 0 atom stereocenters. The Labute approximate surface area is 170 Å².